The van der Waals surface area contributed by atoms with Crippen molar-refractivity contribution >= 4 is 5.97 Å². The van der Waals surface area contributed by atoms with Gasteiger partial charge in [-0.15, -0.1) is 0 Å². The normalized spacial score (nSPS) is 10.0. The number of hydrogen-bond donors (Lipinski definition) is 0. The van der Waals surface area contributed by atoms with E-state index in [0.717, 1.165) is 6.42 Å². The summed E-state index contributed by atoms with van der Waals surface area (Å²) >= 11 is 0. The zero-order chi connectivity index (χ0) is 15.8. The molecule has 0 aromatic heterocycles. The summed E-state index contributed by atoms with van der Waals surface area (Å²) < 4.78 is 5.33. The van der Waals surface area contributed by atoms with Crippen molar-refractivity contribution in [3.05, 3.63) is 65.2 Å². The van der Waals surface area contributed by atoms with E-state index < -0.39 is 5.97 Å². The Kier molecular flexibility index (Phi) is 5.73. The molecular weight excluding hydrogens is 274 g/mol. The molecule has 0 saturated carbocycles. The number of unbranched alkanes of at least 4 members (excludes halogenated alkanes) is 2. The lowest BCUT2D eigenvalue weighted by atomic mass is 10.1. The van der Waals surface area contributed by atoms with Crippen LogP contribution in [0.5, 0.6) is 5.75 Å². The minimum absolute atomic E-state index is 0.414. The van der Waals surface area contributed by atoms with Crippen molar-refractivity contribution in [2.24, 2.45) is 0 Å². The van der Waals surface area contributed by atoms with E-state index in [0.29, 0.717) is 16.9 Å². The minimum Gasteiger partial charge on any atom is -0.423 e. The lowest BCUT2D eigenvalue weighted by Crippen LogP contribution is -2.08. The fourth-order valence-electron chi connectivity index (χ4n) is 2.15. The number of esters is 1. The summed E-state index contributed by atoms with van der Waals surface area (Å²) in [4.78, 5) is 12.0. The molecule has 0 heterocycles. The lowest BCUT2D eigenvalue weighted by molar-refractivity contribution is 0.0734. The van der Waals surface area contributed by atoms with Crippen LogP contribution in [0.2, 0.25) is 0 Å². The number of rotatable bonds is 6. The van der Waals surface area contributed by atoms with Gasteiger partial charge in [-0.2, -0.15) is 5.26 Å². The molecule has 0 aliphatic heterocycles. The molecule has 3 heteroatoms. The Hall–Kier alpha value is -2.60. The van der Waals surface area contributed by atoms with Gasteiger partial charge in [0.15, 0.2) is 0 Å². The van der Waals surface area contributed by atoms with Gasteiger partial charge in [0.25, 0.3) is 0 Å². The first-order valence-electron chi connectivity index (χ1n) is 7.54. The molecule has 2 aromatic rings. The van der Waals surface area contributed by atoms with E-state index in [1.165, 1.54) is 24.8 Å². The van der Waals surface area contributed by atoms with Crippen LogP contribution in [0, 0.1) is 11.3 Å². The van der Waals surface area contributed by atoms with Crippen molar-refractivity contribution in [1.29, 1.82) is 5.26 Å². The SMILES string of the molecule is CCCCCc1ccc(OC(=O)c2ccc(C#N)cc2)cc1. The average Bonchev–Trinajstić information content (AvgIpc) is 2.57. The molecule has 0 aliphatic carbocycles. The Morgan fingerprint density at radius 1 is 1.05 bits per heavy atom. The van der Waals surface area contributed by atoms with Crippen LogP contribution in [-0.2, 0) is 6.42 Å². The molecule has 0 bridgehead atoms. The zero-order valence-electron chi connectivity index (χ0n) is 12.7. The van der Waals surface area contributed by atoms with Crippen LogP contribution in [0.1, 0.15) is 47.7 Å². The number of ether oxygens (including phenoxy) is 1. The molecular formula is C19H19NO2. The third-order valence-electron chi connectivity index (χ3n) is 3.45. The van der Waals surface area contributed by atoms with Gasteiger partial charge in [0.1, 0.15) is 5.75 Å². The first-order valence-corrected chi connectivity index (χ1v) is 7.54. The van der Waals surface area contributed by atoms with Gasteiger partial charge in [0.05, 0.1) is 17.2 Å². The molecule has 0 spiro atoms. The number of carbonyl (C=O) groups is 1. The van der Waals surface area contributed by atoms with Gasteiger partial charge < -0.3 is 4.74 Å². The van der Waals surface area contributed by atoms with Crippen molar-refractivity contribution in [3.8, 4) is 11.8 Å². The van der Waals surface area contributed by atoms with Crippen LogP contribution in [-0.4, -0.2) is 5.97 Å². The minimum atomic E-state index is -0.414. The highest BCUT2D eigenvalue weighted by Gasteiger charge is 2.08. The van der Waals surface area contributed by atoms with Crippen LogP contribution in [0.15, 0.2) is 48.5 Å². The fraction of sp³-hybridized carbons (Fsp3) is 0.263. The zero-order valence-corrected chi connectivity index (χ0v) is 12.7. The van der Waals surface area contributed by atoms with E-state index in [1.54, 1.807) is 24.3 Å². The summed E-state index contributed by atoms with van der Waals surface area (Å²) in [6.07, 6.45) is 4.67. The van der Waals surface area contributed by atoms with E-state index in [1.807, 2.05) is 30.3 Å². The molecule has 22 heavy (non-hydrogen) atoms. The van der Waals surface area contributed by atoms with Crippen LogP contribution in [0.3, 0.4) is 0 Å². The third-order valence-corrected chi connectivity index (χ3v) is 3.45. The summed E-state index contributed by atoms with van der Waals surface area (Å²) in [6.45, 7) is 2.19. The van der Waals surface area contributed by atoms with Crippen LogP contribution >= 0.6 is 0 Å². The topological polar surface area (TPSA) is 50.1 Å². The molecule has 0 saturated heterocycles. The number of nitrogens with zero attached hydrogens (tertiary/aromatic N) is 1. The van der Waals surface area contributed by atoms with Gasteiger partial charge in [-0.05, 0) is 54.8 Å². The summed E-state index contributed by atoms with van der Waals surface area (Å²) in [5, 5.41) is 8.74. The van der Waals surface area contributed by atoms with E-state index in [9.17, 15) is 4.79 Å². The smallest absolute Gasteiger partial charge is 0.343 e. The first kappa shape index (κ1) is 15.8. The number of carbonyl (C=O) groups excluding carboxylic acids is 1. The molecule has 0 amide bonds. The molecule has 3 nitrogen and oxygen atoms in total. The Morgan fingerprint density at radius 3 is 2.32 bits per heavy atom. The molecule has 112 valence electrons. The van der Waals surface area contributed by atoms with Crippen molar-refractivity contribution in [1.82, 2.24) is 0 Å². The van der Waals surface area contributed by atoms with Gasteiger partial charge in [-0.3, -0.25) is 0 Å². The van der Waals surface area contributed by atoms with E-state index >= 15 is 0 Å². The molecule has 2 rings (SSSR count). The molecule has 0 fully saturated rings. The molecule has 2 aromatic carbocycles. The van der Waals surface area contributed by atoms with Gasteiger partial charge in [-0.1, -0.05) is 31.9 Å². The van der Waals surface area contributed by atoms with Crippen molar-refractivity contribution in [2.75, 3.05) is 0 Å². The van der Waals surface area contributed by atoms with Crippen LogP contribution in [0.25, 0.3) is 0 Å². The predicted molar refractivity (Wildman–Crippen MR) is 85.8 cm³/mol. The first-order chi connectivity index (χ1) is 10.7. The quantitative estimate of drug-likeness (QED) is 0.447. The molecule has 0 aliphatic rings. The van der Waals surface area contributed by atoms with Crippen LogP contribution < -0.4 is 4.74 Å². The Bertz CT molecular complexity index is 651. The largest absolute Gasteiger partial charge is 0.423 e. The molecule has 0 unspecified atom stereocenters. The van der Waals surface area contributed by atoms with E-state index in [-0.39, 0.29) is 0 Å². The number of aryl methyl sites for hydroxylation is 1. The second kappa shape index (κ2) is 7.99. The molecule has 0 atom stereocenters. The fourth-order valence-corrected chi connectivity index (χ4v) is 2.15. The monoisotopic (exact) mass is 293 g/mol. The van der Waals surface area contributed by atoms with Crippen LogP contribution in [0.4, 0.5) is 0 Å². The van der Waals surface area contributed by atoms with Gasteiger partial charge >= 0.3 is 5.97 Å². The summed E-state index contributed by atoms with van der Waals surface area (Å²) in [6, 6.07) is 16.1. The highest BCUT2D eigenvalue weighted by molar-refractivity contribution is 5.91. The average molecular weight is 293 g/mol. The predicted octanol–water partition coefficient (Wildman–Crippen LogP) is 4.51. The van der Waals surface area contributed by atoms with E-state index in [4.69, 9.17) is 10.00 Å². The van der Waals surface area contributed by atoms with Crippen molar-refractivity contribution < 1.29 is 9.53 Å². The van der Waals surface area contributed by atoms with E-state index in [2.05, 4.69) is 6.92 Å². The number of hydrogen-bond acceptors (Lipinski definition) is 3. The molecule has 0 radical (unpaired) electrons. The maximum Gasteiger partial charge on any atom is 0.343 e. The summed E-state index contributed by atoms with van der Waals surface area (Å²) in [5.41, 5.74) is 2.21. The number of nitriles is 1. The summed E-state index contributed by atoms with van der Waals surface area (Å²) in [7, 11) is 0. The van der Waals surface area contributed by atoms with Gasteiger partial charge in [0.2, 0.25) is 0 Å². The van der Waals surface area contributed by atoms with Crippen molar-refractivity contribution in [3.63, 3.8) is 0 Å². The van der Waals surface area contributed by atoms with Gasteiger partial charge in [0, 0.05) is 0 Å². The van der Waals surface area contributed by atoms with Crippen molar-refractivity contribution in [2.45, 2.75) is 32.6 Å². The third kappa shape index (κ3) is 4.46. The molecule has 0 N–H and O–H groups in total. The standard InChI is InChI=1S/C19H19NO2/c1-2-3-4-5-15-8-12-18(13-9-15)22-19(21)17-10-6-16(14-20)7-11-17/h6-13H,2-5H2,1H3. The number of benzene rings is 2. The second-order valence-corrected chi connectivity index (χ2v) is 5.18. The van der Waals surface area contributed by atoms with Gasteiger partial charge in [-0.25, -0.2) is 4.79 Å². The Labute approximate surface area is 131 Å². The maximum absolute atomic E-state index is 12.0. The Balaban J connectivity index is 1.94. The lowest BCUT2D eigenvalue weighted by Gasteiger charge is -2.06. The second-order valence-electron chi connectivity index (χ2n) is 5.18. The maximum atomic E-state index is 12.0. The Morgan fingerprint density at radius 2 is 1.73 bits per heavy atom. The highest BCUT2D eigenvalue weighted by Crippen LogP contribution is 2.16. The summed E-state index contributed by atoms with van der Waals surface area (Å²) in [5.74, 6) is 0.122. The highest BCUT2D eigenvalue weighted by atomic mass is 16.5.